The highest BCUT2D eigenvalue weighted by atomic mass is 32.2. The first-order chi connectivity index (χ1) is 12.9. The smallest absolute Gasteiger partial charge is 0.233 e. The number of hydrogen-bond donors (Lipinski definition) is 0. The molecule has 0 unspecified atom stereocenters. The lowest BCUT2D eigenvalue weighted by Crippen LogP contribution is -2.42. The molecule has 0 aliphatic carbocycles. The second-order valence-corrected chi connectivity index (χ2v) is 8.70. The molecule has 1 aromatic heterocycles. The molecule has 27 heavy (non-hydrogen) atoms. The molecule has 0 saturated carbocycles. The molecule has 1 aromatic carbocycles. The van der Waals surface area contributed by atoms with Crippen LogP contribution in [0.3, 0.4) is 0 Å². The molecule has 0 radical (unpaired) electrons. The number of sulfone groups is 1. The summed E-state index contributed by atoms with van der Waals surface area (Å²) in [5, 5.41) is 7.96. The minimum absolute atomic E-state index is 0.00775. The van der Waals surface area contributed by atoms with E-state index in [4.69, 9.17) is 4.74 Å². The van der Waals surface area contributed by atoms with Gasteiger partial charge in [0.1, 0.15) is 6.10 Å². The molecule has 3 rings (SSSR count). The highest BCUT2D eigenvalue weighted by Crippen LogP contribution is 2.18. The lowest BCUT2D eigenvalue weighted by molar-refractivity contribution is -0.132. The number of piperidine rings is 1. The van der Waals surface area contributed by atoms with Crippen LogP contribution in [0.5, 0.6) is 5.88 Å². The molecule has 2 heterocycles. The average Bonchev–Trinajstić information content (AvgIpc) is 2.69. The van der Waals surface area contributed by atoms with Crippen LogP contribution in [-0.2, 0) is 14.6 Å². The van der Waals surface area contributed by atoms with E-state index >= 15 is 0 Å². The Kier molecular flexibility index (Phi) is 6.05. The first-order valence-electron chi connectivity index (χ1n) is 8.96. The highest BCUT2D eigenvalue weighted by molar-refractivity contribution is 7.91. The van der Waals surface area contributed by atoms with Gasteiger partial charge in [-0.05, 0) is 25.1 Å². The number of aryl methyl sites for hydroxylation is 1. The molecule has 144 valence electrons. The summed E-state index contributed by atoms with van der Waals surface area (Å²) in [4.78, 5) is 14.3. The summed E-state index contributed by atoms with van der Waals surface area (Å²) in [7, 11) is -3.44. The second kappa shape index (κ2) is 8.47. The van der Waals surface area contributed by atoms with Crippen LogP contribution < -0.4 is 4.74 Å². The predicted octanol–water partition coefficient (Wildman–Crippen LogP) is 2.02. The molecule has 0 spiro atoms. The third kappa shape index (κ3) is 5.26. The van der Waals surface area contributed by atoms with E-state index in [9.17, 15) is 13.2 Å². The van der Waals surface area contributed by atoms with Crippen molar-refractivity contribution >= 4 is 15.7 Å². The summed E-state index contributed by atoms with van der Waals surface area (Å²) in [6.07, 6.45) is 1.35. The van der Waals surface area contributed by atoms with Gasteiger partial charge >= 0.3 is 0 Å². The Morgan fingerprint density at radius 3 is 2.44 bits per heavy atom. The van der Waals surface area contributed by atoms with Gasteiger partial charge in [0.25, 0.3) is 0 Å². The quantitative estimate of drug-likeness (QED) is 0.751. The first-order valence-corrected chi connectivity index (χ1v) is 10.6. The Bertz CT molecular complexity index is 862. The second-order valence-electron chi connectivity index (χ2n) is 6.59. The van der Waals surface area contributed by atoms with E-state index in [1.165, 1.54) is 0 Å². The Morgan fingerprint density at radius 1 is 1.11 bits per heavy atom. The minimum Gasteiger partial charge on any atom is -0.473 e. The van der Waals surface area contributed by atoms with E-state index in [-0.39, 0.29) is 29.1 Å². The summed E-state index contributed by atoms with van der Waals surface area (Å²) >= 11 is 0. The minimum atomic E-state index is -3.44. The number of aromatic nitrogens is 2. The highest BCUT2D eigenvalue weighted by Gasteiger charge is 2.25. The van der Waals surface area contributed by atoms with Gasteiger partial charge in [0, 0.05) is 38.4 Å². The number of amides is 1. The molecular formula is C19H23N3O4S. The summed E-state index contributed by atoms with van der Waals surface area (Å²) in [6, 6.07) is 11.9. The van der Waals surface area contributed by atoms with Gasteiger partial charge in [-0.25, -0.2) is 8.42 Å². The van der Waals surface area contributed by atoms with Gasteiger partial charge in [0.05, 0.1) is 16.3 Å². The van der Waals surface area contributed by atoms with Crippen molar-refractivity contribution in [3.8, 4) is 5.88 Å². The van der Waals surface area contributed by atoms with E-state index in [1.807, 2.05) is 13.0 Å². The third-order valence-electron chi connectivity index (χ3n) is 4.54. The van der Waals surface area contributed by atoms with Crippen LogP contribution in [0.15, 0.2) is 47.4 Å². The topological polar surface area (TPSA) is 89.5 Å². The van der Waals surface area contributed by atoms with Crippen molar-refractivity contribution in [1.29, 1.82) is 0 Å². The van der Waals surface area contributed by atoms with E-state index in [0.717, 1.165) is 5.69 Å². The Balaban J connectivity index is 1.46. The zero-order chi connectivity index (χ0) is 19.3. The summed E-state index contributed by atoms with van der Waals surface area (Å²) in [5.41, 5.74) is 0.827. The molecule has 1 saturated heterocycles. The van der Waals surface area contributed by atoms with Gasteiger partial charge in [0.2, 0.25) is 11.8 Å². The molecule has 1 aliphatic heterocycles. The van der Waals surface area contributed by atoms with Crippen molar-refractivity contribution < 1.29 is 17.9 Å². The van der Waals surface area contributed by atoms with Gasteiger partial charge in [0.15, 0.2) is 9.84 Å². The molecule has 2 aromatic rings. The summed E-state index contributed by atoms with van der Waals surface area (Å²) in [5.74, 6) is 0.174. The van der Waals surface area contributed by atoms with Crippen molar-refractivity contribution in [3.63, 3.8) is 0 Å². The van der Waals surface area contributed by atoms with Crippen LogP contribution >= 0.6 is 0 Å². The van der Waals surface area contributed by atoms with E-state index in [1.54, 1.807) is 41.3 Å². The van der Waals surface area contributed by atoms with Crippen molar-refractivity contribution in [2.75, 3.05) is 18.8 Å². The summed E-state index contributed by atoms with van der Waals surface area (Å²) < 4.78 is 30.4. The number of rotatable bonds is 6. The van der Waals surface area contributed by atoms with Crippen molar-refractivity contribution in [2.24, 2.45) is 0 Å². The van der Waals surface area contributed by atoms with E-state index in [0.29, 0.717) is 31.8 Å². The Morgan fingerprint density at radius 2 is 1.81 bits per heavy atom. The zero-order valence-corrected chi connectivity index (χ0v) is 16.1. The predicted molar refractivity (Wildman–Crippen MR) is 100 cm³/mol. The molecule has 1 fully saturated rings. The Hall–Kier alpha value is -2.48. The fraction of sp³-hybridized carbons (Fsp3) is 0.421. The number of likely N-dealkylation sites (tertiary alicyclic amines) is 1. The van der Waals surface area contributed by atoms with Gasteiger partial charge in [-0.3, -0.25) is 4.79 Å². The molecule has 0 bridgehead atoms. The normalized spacial score (nSPS) is 15.5. The number of hydrogen-bond acceptors (Lipinski definition) is 6. The fourth-order valence-electron chi connectivity index (χ4n) is 2.97. The number of carbonyl (C=O) groups excluding carboxylic acids is 1. The van der Waals surface area contributed by atoms with Crippen LogP contribution in [-0.4, -0.2) is 54.4 Å². The van der Waals surface area contributed by atoms with E-state index < -0.39 is 9.84 Å². The Labute approximate surface area is 159 Å². The van der Waals surface area contributed by atoms with Crippen molar-refractivity contribution in [3.05, 3.63) is 48.2 Å². The monoisotopic (exact) mass is 389 g/mol. The average molecular weight is 389 g/mol. The van der Waals surface area contributed by atoms with Crippen LogP contribution in [0.4, 0.5) is 0 Å². The molecule has 1 aliphatic rings. The van der Waals surface area contributed by atoms with Gasteiger partial charge in [-0.2, -0.15) is 5.10 Å². The number of nitrogens with zero attached hydrogens (tertiary/aromatic N) is 3. The van der Waals surface area contributed by atoms with Crippen LogP contribution in [0.2, 0.25) is 0 Å². The molecule has 8 heteroatoms. The van der Waals surface area contributed by atoms with Crippen LogP contribution in [0, 0.1) is 6.92 Å². The lowest BCUT2D eigenvalue weighted by atomic mass is 10.1. The zero-order valence-electron chi connectivity index (χ0n) is 15.2. The molecule has 0 N–H and O–H groups in total. The number of ether oxygens (including phenoxy) is 1. The lowest BCUT2D eigenvalue weighted by Gasteiger charge is -2.31. The largest absolute Gasteiger partial charge is 0.473 e. The number of benzene rings is 1. The van der Waals surface area contributed by atoms with Gasteiger partial charge in [-0.1, -0.05) is 18.2 Å². The van der Waals surface area contributed by atoms with Crippen molar-refractivity contribution in [1.82, 2.24) is 15.1 Å². The van der Waals surface area contributed by atoms with E-state index in [2.05, 4.69) is 10.2 Å². The van der Waals surface area contributed by atoms with Gasteiger partial charge < -0.3 is 9.64 Å². The maximum absolute atomic E-state index is 12.4. The van der Waals surface area contributed by atoms with Crippen molar-refractivity contribution in [2.45, 2.75) is 37.2 Å². The van der Waals surface area contributed by atoms with Crippen LogP contribution in [0.1, 0.15) is 25.0 Å². The third-order valence-corrected chi connectivity index (χ3v) is 6.27. The molecular weight excluding hydrogens is 366 g/mol. The fourth-order valence-corrected chi connectivity index (χ4v) is 4.22. The standard InChI is InChI=1S/C19H23N3O4S/c1-15-7-8-18(21-20-15)26-16-9-12-22(13-10-16)19(23)11-14-27(24,25)17-5-3-2-4-6-17/h2-8,16H,9-14H2,1H3. The van der Waals surface area contributed by atoms with Gasteiger partial charge in [-0.15, -0.1) is 5.10 Å². The summed E-state index contributed by atoms with van der Waals surface area (Å²) in [6.45, 7) is 2.96. The SMILES string of the molecule is Cc1ccc(OC2CCN(C(=O)CCS(=O)(=O)c3ccccc3)CC2)nn1. The maximum atomic E-state index is 12.4. The first kappa shape index (κ1) is 19.3. The molecule has 1 amide bonds. The number of carbonyl (C=O) groups is 1. The molecule has 0 atom stereocenters. The maximum Gasteiger partial charge on any atom is 0.233 e. The van der Waals surface area contributed by atoms with Crippen LogP contribution in [0.25, 0.3) is 0 Å². The molecule has 7 nitrogen and oxygen atoms in total.